The number of anilines is 1. The second-order valence-electron chi connectivity index (χ2n) is 6.21. The fourth-order valence-corrected chi connectivity index (χ4v) is 2.90. The van der Waals surface area contributed by atoms with Gasteiger partial charge in [-0.2, -0.15) is 0 Å². The number of likely N-dealkylation sites (N-methyl/N-ethyl adjacent to an activating group) is 2. The summed E-state index contributed by atoms with van der Waals surface area (Å²) in [6, 6.07) is 1.11. The van der Waals surface area contributed by atoms with E-state index in [0.717, 1.165) is 31.1 Å². The summed E-state index contributed by atoms with van der Waals surface area (Å²) in [7, 11) is 2.12. The third kappa shape index (κ3) is 4.64. The molecule has 5 nitrogen and oxygen atoms in total. The summed E-state index contributed by atoms with van der Waals surface area (Å²) < 4.78 is 0. The van der Waals surface area contributed by atoms with E-state index in [-0.39, 0.29) is 0 Å². The van der Waals surface area contributed by atoms with Crippen molar-refractivity contribution in [2.24, 2.45) is 0 Å². The Morgan fingerprint density at radius 3 is 2.95 bits per heavy atom. The molecule has 2 heterocycles. The van der Waals surface area contributed by atoms with Crippen LogP contribution in [0.5, 0.6) is 0 Å². The molecule has 2 rings (SSSR count). The summed E-state index contributed by atoms with van der Waals surface area (Å²) in [4.78, 5) is 13.9. The summed E-state index contributed by atoms with van der Waals surface area (Å²) in [5.41, 5.74) is 1.01. The molecule has 1 aromatic heterocycles. The average Bonchev–Trinajstić information content (AvgIpc) is 2.92. The largest absolute Gasteiger partial charge is 0.357 e. The van der Waals surface area contributed by atoms with Crippen molar-refractivity contribution in [1.82, 2.24) is 20.2 Å². The summed E-state index contributed by atoms with van der Waals surface area (Å²) in [6.45, 7) is 10.7. The standard InChI is InChI=1S/C16H29N5/c1-5-21-8-6-7-15(21)12-20(4)16-11-17-9-14(19-16)10-18-13(2)3/h9,11,13,15,18H,5-8,10,12H2,1-4H3. The van der Waals surface area contributed by atoms with Crippen LogP contribution in [0.4, 0.5) is 5.82 Å². The Morgan fingerprint density at radius 1 is 1.43 bits per heavy atom. The predicted molar refractivity (Wildman–Crippen MR) is 87.5 cm³/mol. The van der Waals surface area contributed by atoms with Crippen molar-refractivity contribution in [2.45, 2.75) is 52.2 Å². The molecular formula is C16H29N5. The molecule has 0 aliphatic carbocycles. The molecule has 21 heavy (non-hydrogen) atoms. The van der Waals surface area contributed by atoms with Crippen LogP contribution in [-0.4, -0.2) is 53.6 Å². The topological polar surface area (TPSA) is 44.3 Å². The third-order valence-electron chi connectivity index (χ3n) is 4.14. The molecule has 1 saturated heterocycles. The predicted octanol–water partition coefficient (Wildman–Crippen LogP) is 1.90. The van der Waals surface area contributed by atoms with Crippen LogP contribution in [0.2, 0.25) is 0 Å². The number of rotatable bonds is 7. The van der Waals surface area contributed by atoms with Crippen LogP contribution < -0.4 is 10.2 Å². The average molecular weight is 291 g/mol. The number of hydrogen-bond donors (Lipinski definition) is 1. The van der Waals surface area contributed by atoms with Crippen LogP contribution >= 0.6 is 0 Å². The third-order valence-corrected chi connectivity index (χ3v) is 4.14. The Kier molecular flexibility index (Phi) is 5.94. The van der Waals surface area contributed by atoms with Gasteiger partial charge < -0.3 is 10.2 Å². The molecule has 0 spiro atoms. The van der Waals surface area contributed by atoms with E-state index in [1.165, 1.54) is 19.4 Å². The van der Waals surface area contributed by atoms with E-state index in [1.807, 2.05) is 12.4 Å². The number of aromatic nitrogens is 2. The number of nitrogens with one attached hydrogen (secondary N) is 1. The lowest BCUT2D eigenvalue weighted by Gasteiger charge is -2.28. The Labute approximate surface area is 128 Å². The van der Waals surface area contributed by atoms with Crippen molar-refractivity contribution in [1.29, 1.82) is 0 Å². The van der Waals surface area contributed by atoms with E-state index in [4.69, 9.17) is 4.98 Å². The van der Waals surface area contributed by atoms with Crippen LogP contribution in [0, 0.1) is 0 Å². The van der Waals surface area contributed by atoms with Crippen LogP contribution in [0.25, 0.3) is 0 Å². The highest BCUT2D eigenvalue weighted by Gasteiger charge is 2.24. The van der Waals surface area contributed by atoms with Gasteiger partial charge in [-0.3, -0.25) is 9.88 Å². The first kappa shape index (κ1) is 16.2. The van der Waals surface area contributed by atoms with Crippen molar-refractivity contribution >= 4 is 5.82 Å². The molecule has 118 valence electrons. The van der Waals surface area contributed by atoms with Gasteiger partial charge in [0, 0.05) is 38.4 Å². The maximum atomic E-state index is 4.72. The lowest BCUT2D eigenvalue weighted by Crippen LogP contribution is -2.39. The molecule has 0 aromatic carbocycles. The Morgan fingerprint density at radius 2 is 2.24 bits per heavy atom. The second kappa shape index (κ2) is 7.71. The molecule has 1 aliphatic rings. The molecule has 1 aromatic rings. The van der Waals surface area contributed by atoms with Crippen LogP contribution in [0.1, 0.15) is 39.3 Å². The maximum absolute atomic E-state index is 4.72. The van der Waals surface area contributed by atoms with Gasteiger partial charge in [-0.05, 0) is 25.9 Å². The van der Waals surface area contributed by atoms with E-state index in [2.05, 4.69) is 47.9 Å². The summed E-state index contributed by atoms with van der Waals surface area (Å²) in [6.07, 6.45) is 6.32. The highest BCUT2D eigenvalue weighted by atomic mass is 15.2. The zero-order chi connectivity index (χ0) is 15.2. The lowest BCUT2D eigenvalue weighted by atomic mass is 10.2. The summed E-state index contributed by atoms with van der Waals surface area (Å²) in [5, 5.41) is 3.39. The molecule has 1 aliphatic heterocycles. The smallest absolute Gasteiger partial charge is 0.147 e. The molecule has 0 radical (unpaired) electrons. The minimum atomic E-state index is 0.463. The van der Waals surface area contributed by atoms with Gasteiger partial charge in [0.2, 0.25) is 0 Å². The van der Waals surface area contributed by atoms with Gasteiger partial charge >= 0.3 is 0 Å². The van der Waals surface area contributed by atoms with E-state index in [9.17, 15) is 0 Å². The molecule has 1 unspecified atom stereocenters. The second-order valence-corrected chi connectivity index (χ2v) is 6.21. The van der Waals surface area contributed by atoms with E-state index < -0.39 is 0 Å². The molecule has 0 amide bonds. The normalized spacial score (nSPS) is 19.4. The van der Waals surface area contributed by atoms with Crippen LogP contribution in [0.15, 0.2) is 12.4 Å². The fraction of sp³-hybridized carbons (Fsp3) is 0.750. The van der Waals surface area contributed by atoms with Gasteiger partial charge in [0.05, 0.1) is 11.9 Å². The van der Waals surface area contributed by atoms with Crippen LogP contribution in [-0.2, 0) is 6.54 Å². The highest BCUT2D eigenvalue weighted by Crippen LogP contribution is 2.19. The van der Waals surface area contributed by atoms with Crippen molar-refractivity contribution < 1.29 is 0 Å². The van der Waals surface area contributed by atoms with Gasteiger partial charge in [0.25, 0.3) is 0 Å². The Balaban J connectivity index is 1.95. The van der Waals surface area contributed by atoms with Crippen molar-refractivity contribution in [3.8, 4) is 0 Å². The molecule has 1 atom stereocenters. The van der Waals surface area contributed by atoms with Crippen LogP contribution in [0.3, 0.4) is 0 Å². The molecule has 0 bridgehead atoms. The van der Waals surface area contributed by atoms with Crippen molar-refractivity contribution in [2.75, 3.05) is 31.6 Å². The van der Waals surface area contributed by atoms with E-state index in [1.54, 1.807) is 0 Å². The molecule has 1 fully saturated rings. The highest BCUT2D eigenvalue weighted by molar-refractivity contribution is 5.35. The van der Waals surface area contributed by atoms with Crippen molar-refractivity contribution in [3.63, 3.8) is 0 Å². The van der Waals surface area contributed by atoms with Gasteiger partial charge in [-0.15, -0.1) is 0 Å². The van der Waals surface area contributed by atoms with E-state index >= 15 is 0 Å². The quantitative estimate of drug-likeness (QED) is 0.831. The first-order valence-corrected chi connectivity index (χ1v) is 8.09. The fourth-order valence-electron chi connectivity index (χ4n) is 2.90. The minimum absolute atomic E-state index is 0.463. The molecular weight excluding hydrogens is 262 g/mol. The maximum Gasteiger partial charge on any atom is 0.147 e. The van der Waals surface area contributed by atoms with Gasteiger partial charge in [-0.25, -0.2) is 4.98 Å². The zero-order valence-corrected chi connectivity index (χ0v) is 13.8. The van der Waals surface area contributed by atoms with Crippen molar-refractivity contribution in [3.05, 3.63) is 18.1 Å². The number of likely N-dealkylation sites (tertiary alicyclic amines) is 1. The zero-order valence-electron chi connectivity index (χ0n) is 13.8. The SMILES string of the molecule is CCN1CCCC1CN(C)c1cncc(CNC(C)C)n1. The first-order valence-electron chi connectivity index (χ1n) is 8.09. The molecule has 5 heteroatoms. The summed E-state index contributed by atoms with van der Waals surface area (Å²) >= 11 is 0. The molecule has 0 saturated carbocycles. The lowest BCUT2D eigenvalue weighted by molar-refractivity contribution is 0.270. The summed E-state index contributed by atoms with van der Waals surface area (Å²) in [5.74, 6) is 0.973. The van der Waals surface area contributed by atoms with E-state index in [0.29, 0.717) is 12.1 Å². The van der Waals surface area contributed by atoms with Gasteiger partial charge in [-0.1, -0.05) is 20.8 Å². The van der Waals surface area contributed by atoms with Gasteiger partial charge in [0.1, 0.15) is 5.82 Å². The Hall–Kier alpha value is -1.20. The minimum Gasteiger partial charge on any atom is -0.357 e. The molecule has 1 N–H and O–H groups in total. The van der Waals surface area contributed by atoms with Gasteiger partial charge in [0.15, 0.2) is 0 Å². The first-order chi connectivity index (χ1) is 10.1. The monoisotopic (exact) mass is 291 g/mol. The number of hydrogen-bond acceptors (Lipinski definition) is 5. The Bertz CT molecular complexity index is 434. The number of nitrogens with zero attached hydrogens (tertiary/aromatic N) is 4.